The van der Waals surface area contributed by atoms with Gasteiger partial charge in [0.25, 0.3) is 5.91 Å². The summed E-state index contributed by atoms with van der Waals surface area (Å²) in [6, 6.07) is 1.71. The van der Waals surface area contributed by atoms with Gasteiger partial charge in [-0.2, -0.15) is 11.8 Å². The number of carboxylic acids is 1. The lowest BCUT2D eigenvalue weighted by atomic mass is 10.2. The lowest BCUT2D eigenvalue weighted by Gasteiger charge is -2.08. The molecule has 19 heavy (non-hydrogen) atoms. The van der Waals surface area contributed by atoms with E-state index in [0.29, 0.717) is 17.4 Å². The highest BCUT2D eigenvalue weighted by Gasteiger charge is 2.17. The molecule has 6 heteroatoms. The Kier molecular flexibility index (Phi) is 5.04. The predicted octanol–water partition coefficient (Wildman–Crippen LogP) is 2.47. The van der Waals surface area contributed by atoms with Crippen LogP contribution in [0.4, 0.5) is 0 Å². The number of carbonyl (C=O) groups excluding carboxylic acids is 1. The molecule has 0 saturated carbocycles. The number of hydrogen-bond donors (Lipinski definition) is 2. The largest absolute Gasteiger partial charge is 0.478 e. The van der Waals surface area contributed by atoms with E-state index in [1.807, 2.05) is 11.8 Å². The van der Waals surface area contributed by atoms with Crippen molar-refractivity contribution < 1.29 is 14.7 Å². The van der Waals surface area contributed by atoms with E-state index < -0.39 is 5.97 Å². The summed E-state index contributed by atoms with van der Waals surface area (Å²) in [6.45, 7) is 0.708. The molecule has 2 N–H and O–H groups in total. The van der Waals surface area contributed by atoms with Crippen molar-refractivity contribution in [1.82, 2.24) is 5.32 Å². The maximum Gasteiger partial charge on any atom is 0.328 e. The van der Waals surface area contributed by atoms with Crippen LogP contribution in [0.5, 0.6) is 0 Å². The number of thioether (sulfide) groups is 1. The van der Waals surface area contributed by atoms with Crippen molar-refractivity contribution in [3.05, 3.63) is 28.0 Å². The van der Waals surface area contributed by atoms with Gasteiger partial charge in [-0.05, 0) is 30.7 Å². The third-order valence-electron chi connectivity index (χ3n) is 2.79. The van der Waals surface area contributed by atoms with Gasteiger partial charge in [0.15, 0.2) is 0 Å². The summed E-state index contributed by atoms with van der Waals surface area (Å²) in [4.78, 5) is 23.1. The molecular formula is C13H15NO3S2. The molecule has 2 heterocycles. The van der Waals surface area contributed by atoms with E-state index in [1.165, 1.54) is 36.0 Å². The van der Waals surface area contributed by atoms with Crippen LogP contribution in [0.15, 0.2) is 17.5 Å². The van der Waals surface area contributed by atoms with Crippen LogP contribution in [0, 0.1) is 0 Å². The van der Waals surface area contributed by atoms with Gasteiger partial charge in [-0.15, -0.1) is 11.3 Å². The number of aliphatic carboxylic acids is 1. The second-order valence-corrected chi connectivity index (χ2v) is 6.61. The van der Waals surface area contributed by atoms with Crippen molar-refractivity contribution in [2.24, 2.45) is 0 Å². The Balaban J connectivity index is 1.86. The predicted molar refractivity (Wildman–Crippen MR) is 78.8 cm³/mol. The molecule has 1 aliphatic rings. The molecule has 1 saturated heterocycles. The molecule has 1 fully saturated rings. The fourth-order valence-electron chi connectivity index (χ4n) is 1.83. The van der Waals surface area contributed by atoms with Crippen LogP contribution in [-0.2, 0) is 4.79 Å². The quantitative estimate of drug-likeness (QED) is 0.819. The number of thiophene rings is 1. The van der Waals surface area contributed by atoms with Crippen LogP contribution < -0.4 is 5.32 Å². The molecule has 2 rings (SSSR count). The Morgan fingerprint density at radius 3 is 3.05 bits per heavy atom. The Labute approximate surface area is 119 Å². The molecule has 1 amide bonds. The highest BCUT2D eigenvalue weighted by Crippen LogP contribution is 2.25. The standard InChI is InChI=1S/C13H15NO3S2/c15-12(16)4-3-10-6-9(8-19-10)13(17)14-7-11-2-1-5-18-11/h3-4,6,8,11H,1-2,5,7H2,(H,14,17)(H,15,16)/b4-3+. The summed E-state index contributed by atoms with van der Waals surface area (Å²) in [6.07, 6.45) is 4.97. The second-order valence-electron chi connectivity index (χ2n) is 4.25. The summed E-state index contributed by atoms with van der Waals surface area (Å²) >= 11 is 3.27. The number of carboxylic acid groups (broad SMARTS) is 1. The van der Waals surface area contributed by atoms with Crippen molar-refractivity contribution in [2.75, 3.05) is 12.3 Å². The molecule has 0 aromatic carbocycles. The zero-order chi connectivity index (χ0) is 13.7. The third kappa shape index (κ3) is 4.40. The van der Waals surface area contributed by atoms with Gasteiger partial charge in [0.1, 0.15) is 0 Å². The van der Waals surface area contributed by atoms with Gasteiger partial charge in [0.2, 0.25) is 0 Å². The minimum Gasteiger partial charge on any atom is -0.478 e. The zero-order valence-electron chi connectivity index (χ0n) is 10.3. The van der Waals surface area contributed by atoms with Crippen molar-refractivity contribution in [3.63, 3.8) is 0 Å². The SMILES string of the molecule is O=C(O)/C=C/c1cc(C(=O)NCC2CCCS2)cs1. The first-order valence-corrected chi connectivity index (χ1v) is 7.97. The first-order chi connectivity index (χ1) is 9.15. The van der Waals surface area contributed by atoms with Crippen molar-refractivity contribution >= 4 is 41.1 Å². The van der Waals surface area contributed by atoms with Crippen molar-refractivity contribution in [3.8, 4) is 0 Å². The lowest BCUT2D eigenvalue weighted by molar-refractivity contribution is -0.131. The fourth-order valence-corrected chi connectivity index (χ4v) is 3.81. The molecule has 0 spiro atoms. The zero-order valence-corrected chi connectivity index (χ0v) is 11.9. The number of carbonyl (C=O) groups is 2. The summed E-state index contributed by atoms with van der Waals surface area (Å²) < 4.78 is 0. The van der Waals surface area contributed by atoms with E-state index in [9.17, 15) is 9.59 Å². The summed E-state index contributed by atoms with van der Waals surface area (Å²) in [5.41, 5.74) is 0.595. The highest BCUT2D eigenvalue weighted by atomic mass is 32.2. The first kappa shape index (κ1) is 14.1. The van der Waals surface area contributed by atoms with Gasteiger partial charge in [-0.3, -0.25) is 4.79 Å². The lowest BCUT2D eigenvalue weighted by Crippen LogP contribution is -2.29. The second kappa shape index (κ2) is 6.77. The first-order valence-electron chi connectivity index (χ1n) is 6.04. The Morgan fingerprint density at radius 1 is 1.53 bits per heavy atom. The number of amides is 1. The molecule has 0 radical (unpaired) electrons. The van der Waals surface area contributed by atoms with Crippen LogP contribution in [0.3, 0.4) is 0 Å². The van der Waals surface area contributed by atoms with Crippen molar-refractivity contribution in [1.29, 1.82) is 0 Å². The van der Waals surface area contributed by atoms with Crippen LogP contribution >= 0.6 is 23.1 Å². The van der Waals surface area contributed by atoms with Gasteiger partial charge >= 0.3 is 5.97 Å². The van der Waals surface area contributed by atoms with E-state index in [-0.39, 0.29) is 5.91 Å². The molecular weight excluding hydrogens is 282 g/mol. The van der Waals surface area contributed by atoms with E-state index in [2.05, 4.69) is 5.32 Å². The van der Waals surface area contributed by atoms with Crippen LogP contribution in [0.25, 0.3) is 6.08 Å². The molecule has 0 bridgehead atoms. The van der Waals surface area contributed by atoms with Gasteiger partial charge in [0, 0.05) is 28.1 Å². The molecule has 1 aliphatic heterocycles. The number of rotatable bonds is 5. The molecule has 1 atom stereocenters. The fraction of sp³-hybridized carbons (Fsp3) is 0.385. The van der Waals surface area contributed by atoms with Gasteiger partial charge in [-0.25, -0.2) is 4.79 Å². The molecule has 0 aliphatic carbocycles. The Bertz CT molecular complexity index is 490. The smallest absolute Gasteiger partial charge is 0.328 e. The minimum atomic E-state index is -0.988. The molecule has 1 aromatic heterocycles. The van der Waals surface area contributed by atoms with E-state index in [1.54, 1.807) is 11.4 Å². The number of hydrogen-bond acceptors (Lipinski definition) is 4. The van der Waals surface area contributed by atoms with Crippen LogP contribution in [-0.4, -0.2) is 34.5 Å². The highest BCUT2D eigenvalue weighted by molar-refractivity contribution is 8.00. The summed E-state index contributed by atoms with van der Waals surface area (Å²) in [5.74, 6) is 0.111. The Hall–Kier alpha value is -1.27. The molecule has 1 aromatic rings. The van der Waals surface area contributed by atoms with Gasteiger partial charge in [0.05, 0.1) is 5.56 Å². The Morgan fingerprint density at radius 2 is 2.37 bits per heavy atom. The molecule has 4 nitrogen and oxygen atoms in total. The van der Waals surface area contributed by atoms with E-state index >= 15 is 0 Å². The van der Waals surface area contributed by atoms with E-state index in [4.69, 9.17) is 5.11 Å². The van der Waals surface area contributed by atoms with Gasteiger partial charge in [-0.1, -0.05) is 0 Å². The minimum absolute atomic E-state index is 0.0845. The van der Waals surface area contributed by atoms with Crippen molar-refractivity contribution in [2.45, 2.75) is 18.1 Å². The normalized spacial score (nSPS) is 18.8. The third-order valence-corrected chi connectivity index (χ3v) is 5.08. The maximum absolute atomic E-state index is 11.9. The summed E-state index contributed by atoms with van der Waals surface area (Å²) in [5, 5.41) is 13.7. The molecule has 1 unspecified atom stereocenters. The van der Waals surface area contributed by atoms with Crippen LogP contribution in [0.2, 0.25) is 0 Å². The average molecular weight is 297 g/mol. The monoisotopic (exact) mass is 297 g/mol. The van der Waals surface area contributed by atoms with E-state index in [0.717, 1.165) is 11.0 Å². The number of nitrogens with one attached hydrogen (secondary N) is 1. The summed E-state index contributed by atoms with van der Waals surface area (Å²) in [7, 11) is 0. The molecule has 102 valence electrons. The van der Waals surface area contributed by atoms with Gasteiger partial charge < -0.3 is 10.4 Å². The average Bonchev–Trinajstić information content (AvgIpc) is 3.04. The topological polar surface area (TPSA) is 66.4 Å². The maximum atomic E-state index is 11.9. The van der Waals surface area contributed by atoms with Crippen LogP contribution in [0.1, 0.15) is 28.1 Å².